The van der Waals surface area contributed by atoms with Crippen LogP contribution in [0, 0.1) is 10.1 Å². The van der Waals surface area contributed by atoms with E-state index in [2.05, 4.69) is 16.0 Å². The summed E-state index contributed by atoms with van der Waals surface area (Å²) in [6, 6.07) is 35.5. The van der Waals surface area contributed by atoms with Crippen LogP contribution in [0.1, 0.15) is 26.7 Å². The Morgan fingerprint density at radius 2 is 1.36 bits per heavy atom. The summed E-state index contributed by atoms with van der Waals surface area (Å²) in [4.78, 5) is 51.5. The van der Waals surface area contributed by atoms with Gasteiger partial charge in [-0.1, -0.05) is 60.7 Å². The van der Waals surface area contributed by atoms with Gasteiger partial charge in [-0.05, 0) is 66.2 Å². The van der Waals surface area contributed by atoms with Gasteiger partial charge in [0, 0.05) is 39.5 Å². The van der Waals surface area contributed by atoms with Gasteiger partial charge < -0.3 is 25.4 Å². The van der Waals surface area contributed by atoms with Crippen molar-refractivity contribution < 1.29 is 28.8 Å². The first-order valence-electron chi connectivity index (χ1n) is 15.2. The number of para-hydroxylation sites is 1. The van der Waals surface area contributed by atoms with E-state index in [1.54, 1.807) is 72.8 Å². The average molecular weight is 689 g/mol. The minimum Gasteiger partial charge on any atom is -0.493 e. The molecule has 5 aromatic carbocycles. The second-order valence-electron chi connectivity index (χ2n) is 10.6. The molecule has 0 heterocycles. The molecule has 12 heteroatoms. The van der Waals surface area contributed by atoms with E-state index in [1.807, 2.05) is 30.3 Å². The average Bonchev–Trinajstić information content (AvgIpc) is 3.14. The molecule has 11 nitrogen and oxygen atoms in total. The van der Waals surface area contributed by atoms with E-state index in [0.717, 1.165) is 10.5 Å². The number of methoxy groups -OCH3 is 2. The van der Waals surface area contributed by atoms with Gasteiger partial charge in [0.15, 0.2) is 11.5 Å². The van der Waals surface area contributed by atoms with Gasteiger partial charge in [-0.2, -0.15) is 0 Å². The van der Waals surface area contributed by atoms with Crippen molar-refractivity contribution >= 4 is 52.6 Å². The SMILES string of the molecule is COc1cccc(/C=C(\NC(=O)c2ccccc2)C(=O)Nc2ccc(SC(C(=O)Nc3ccc([N+](=O)[O-])cc3)c3ccccc3)cc2)c1OC. The lowest BCUT2D eigenvalue weighted by Gasteiger charge is -2.17. The van der Waals surface area contributed by atoms with Gasteiger partial charge in [-0.25, -0.2) is 0 Å². The number of rotatable bonds is 13. The highest BCUT2D eigenvalue weighted by atomic mass is 32.2. The zero-order chi connectivity index (χ0) is 35.5. The molecule has 0 spiro atoms. The maximum atomic E-state index is 13.6. The molecule has 5 rings (SSSR count). The minimum absolute atomic E-state index is 0.0316. The summed E-state index contributed by atoms with van der Waals surface area (Å²) in [5, 5.41) is 18.8. The molecule has 1 unspecified atom stereocenters. The predicted molar refractivity (Wildman–Crippen MR) is 193 cm³/mol. The van der Waals surface area contributed by atoms with Crippen LogP contribution in [-0.2, 0) is 9.59 Å². The second kappa shape index (κ2) is 16.6. The molecule has 0 aliphatic rings. The first-order valence-corrected chi connectivity index (χ1v) is 16.1. The number of ether oxygens (including phenoxy) is 2. The van der Waals surface area contributed by atoms with Crippen LogP contribution < -0.4 is 25.4 Å². The van der Waals surface area contributed by atoms with E-state index in [9.17, 15) is 24.5 Å². The summed E-state index contributed by atoms with van der Waals surface area (Å²) < 4.78 is 10.9. The number of hydrogen-bond acceptors (Lipinski definition) is 8. The van der Waals surface area contributed by atoms with Crippen LogP contribution in [0.5, 0.6) is 11.5 Å². The highest BCUT2D eigenvalue weighted by molar-refractivity contribution is 8.00. The third-order valence-corrected chi connectivity index (χ3v) is 8.58. The largest absolute Gasteiger partial charge is 0.493 e. The molecule has 0 bridgehead atoms. The number of nitro benzene ring substituents is 1. The Balaban J connectivity index is 1.35. The van der Waals surface area contributed by atoms with Gasteiger partial charge in [0.2, 0.25) is 5.91 Å². The molecule has 0 aliphatic carbocycles. The molecule has 252 valence electrons. The van der Waals surface area contributed by atoms with Crippen molar-refractivity contribution in [1.82, 2.24) is 5.32 Å². The number of carbonyl (C=O) groups is 3. The highest BCUT2D eigenvalue weighted by Crippen LogP contribution is 2.37. The van der Waals surface area contributed by atoms with Crippen LogP contribution >= 0.6 is 11.8 Å². The molecule has 50 heavy (non-hydrogen) atoms. The van der Waals surface area contributed by atoms with Crippen LogP contribution in [0.2, 0.25) is 0 Å². The Labute approximate surface area is 292 Å². The summed E-state index contributed by atoms with van der Waals surface area (Å²) in [6.45, 7) is 0. The number of hydrogen-bond donors (Lipinski definition) is 3. The monoisotopic (exact) mass is 688 g/mol. The summed E-state index contributed by atoms with van der Waals surface area (Å²) >= 11 is 1.30. The third-order valence-electron chi connectivity index (χ3n) is 7.31. The van der Waals surface area contributed by atoms with Gasteiger partial charge in [-0.15, -0.1) is 11.8 Å². The van der Waals surface area contributed by atoms with Crippen LogP contribution in [0.3, 0.4) is 0 Å². The summed E-state index contributed by atoms with van der Waals surface area (Å²) in [6.07, 6.45) is 1.51. The molecule has 0 saturated heterocycles. The molecule has 5 aromatic rings. The zero-order valence-electron chi connectivity index (χ0n) is 27.0. The molecular formula is C38H32N4O7S. The topological polar surface area (TPSA) is 149 Å². The van der Waals surface area contributed by atoms with Crippen LogP contribution in [0.4, 0.5) is 17.1 Å². The molecule has 3 amide bonds. The van der Waals surface area contributed by atoms with Crippen molar-refractivity contribution in [2.45, 2.75) is 10.1 Å². The minimum atomic E-state index is -0.660. The van der Waals surface area contributed by atoms with E-state index in [4.69, 9.17) is 9.47 Å². The Kier molecular flexibility index (Phi) is 11.6. The van der Waals surface area contributed by atoms with Crippen LogP contribution in [0.15, 0.2) is 138 Å². The lowest BCUT2D eigenvalue weighted by molar-refractivity contribution is -0.384. The smallest absolute Gasteiger partial charge is 0.272 e. The number of anilines is 2. The van der Waals surface area contributed by atoms with Crippen LogP contribution in [-0.4, -0.2) is 36.9 Å². The number of thioether (sulfide) groups is 1. The fraction of sp³-hybridized carbons (Fsp3) is 0.0789. The number of nitrogens with zero attached hydrogens (tertiary/aromatic N) is 1. The summed E-state index contributed by atoms with van der Waals surface area (Å²) in [5.41, 5.74) is 2.40. The normalized spacial score (nSPS) is 11.5. The number of carbonyl (C=O) groups excluding carboxylic acids is 3. The first-order chi connectivity index (χ1) is 24.2. The van der Waals surface area contributed by atoms with Crippen LogP contribution in [0.25, 0.3) is 6.08 Å². The summed E-state index contributed by atoms with van der Waals surface area (Å²) in [7, 11) is 2.99. The Morgan fingerprint density at radius 1 is 0.740 bits per heavy atom. The Morgan fingerprint density at radius 3 is 1.98 bits per heavy atom. The zero-order valence-corrected chi connectivity index (χ0v) is 27.8. The number of amides is 3. The third kappa shape index (κ3) is 8.94. The van der Waals surface area contributed by atoms with Gasteiger partial charge >= 0.3 is 0 Å². The fourth-order valence-corrected chi connectivity index (χ4v) is 5.87. The quantitative estimate of drug-likeness (QED) is 0.0499. The van der Waals surface area contributed by atoms with E-state index in [-0.39, 0.29) is 17.3 Å². The molecule has 0 aromatic heterocycles. The maximum absolute atomic E-state index is 13.6. The van der Waals surface area contributed by atoms with E-state index in [1.165, 1.54) is 56.3 Å². The number of benzene rings is 5. The van der Waals surface area contributed by atoms with Crippen molar-refractivity contribution in [2.75, 3.05) is 24.9 Å². The summed E-state index contributed by atoms with van der Waals surface area (Å²) in [5.74, 6) is -0.520. The van der Waals surface area contributed by atoms with Gasteiger partial charge in [-0.3, -0.25) is 24.5 Å². The fourth-order valence-electron chi connectivity index (χ4n) is 4.85. The molecule has 0 fully saturated rings. The van der Waals surface area contributed by atoms with Gasteiger partial charge in [0.05, 0.1) is 19.1 Å². The van der Waals surface area contributed by atoms with Crippen molar-refractivity contribution in [2.24, 2.45) is 0 Å². The number of non-ortho nitro benzene ring substituents is 1. The first kappa shape index (κ1) is 34.9. The molecule has 0 saturated carbocycles. The van der Waals surface area contributed by atoms with E-state index < -0.39 is 22.0 Å². The lowest BCUT2D eigenvalue weighted by atomic mass is 10.1. The molecular weight excluding hydrogens is 657 g/mol. The van der Waals surface area contributed by atoms with E-state index in [0.29, 0.717) is 34.0 Å². The molecule has 3 N–H and O–H groups in total. The van der Waals surface area contributed by atoms with Crippen molar-refractivity contribution in [3.8, 4) is 11.5 Å². The van der Waals surface area contributed by atoms with Gasteiger partial charge in [0.25, 0.3) is 17.5 Å². The Hall–Kier alpha value is -6.40. The molecule has 0 radical (unpaired) electrons. The van der Waals surface area contributed by atoms with Gasteiger partial charge in [0.1, 0.15) is 10.9 Å². The number of nitro groups is 1. The number of nitrogens with one attached hydrogen (secondary N) is 3. The van der Waals surface area contributed by atoms with Crippen molar-refractivity contribution in [3.63, 3.8) is 0 Å². The predicted octanol–water partition coefficient (Wildman–Crippen LogP) is 7.49. The van der Waals surface area contributed by atoms with E-state index >= 15 is 0 Å². The lowest BCUT2D eigenvalue weighted by Crippen LogP contribution is -2.30. The maximum Gasteiger partial charge on any atom is 0.272 e. The molecule has 1 atom stereocenters. The molecule has 0 aliphatic heterocycles. The van der Waals surface area contributed by atoms with Crippen molar-refractivity contribution in [1.29, 1.82) is 0 Å². The standard InChI is InChI=1S/C38H32N4O7S/c1-48-33-15-9-14-27(34(33)49-2)24-32(41-36(43)26-12-7-4-8-13-26)37(44)39-29-18-22-31(23-19-29)50-35(25-10-5-3-6-11-25)38(45)40-28-16-20-30(21-17-28)42(46)47/h3-24,35H,1-2H3,(H,39,44)(H,40,45)(H,41,43)/b32-24-. The second-order valence-corrected chi connectivity index (χ2v) is 11.8. The Bertz CT molecular complexity index is 2000. The highest BCUT2D eigenvalue weighted by Gasteiger charge is 2.23. The van der Waals surface area contributed by atoms with Crippen molar-refractivity contribution in [3.05, 3.63) is 160 Å².